The Labute approximate surface area is 67.0 Å². The van der Waals surface area contributed by atoms with Crippen molar-refractivity contribution in [2.24, 2.45) is 5.11 Å². The lowest BCUT2D eigenvalue weighted by atomic mass is 10.8. The summed E-state index contributed by atoms with van der Waals surface area (Å²) in [6, 6.07) is 0. The van der Waals surface area contributed by atoms with E-state index in [1.54, 1.807) is 0 Å². The van der Waals surface area contributed by atoms with Crippen molar-refractivity contribution in [3.63, 3.8) is 0 Å². The maximum atomic E-state index is 7.94. The SMILES string of the molecule is [N-]=[N+]=NCCSc1ncn[nH]1. The van der Waals surface area contributed by atoms with Gasteiger partial charge in [0, 0.05) is 17.2 Å². The Balaban J connectivity index is 2.18. The molecule has 0 aliphatic carbocycles. The van der Waals surface area contributed by atoms with E-state index in [-0.39, 0.29) is 0 Å². The highest BCUT2D eigenvalue weighted by molar-refractivity contribution is 7.99. The fraction of sp³-hybridized carbons (Fsp3) is 0.500. The summed E-state index contributed by atoms with van der Waals surface area (Å²) >= 11 is 1.47. The van der Waals surface area contributed by atoms with Crippen LogP contribution in [0.4, 0.5) is 0 Å². The van der Waals surface area contributed by atoms with E-state index in [1.807, 2.05) is 0 Å². The van der Waals surface area contributed by atoms with Crippen LogP contribution in [0.2, 0.25) is 0 Å². The summed E-state index contributed by atoms with van der Waals surface area (Å²) < 4.78 is 0. The molecule has 1 aromatic heterocycles. The molecule has 58 valence electrons. The Bertz CT molecular complexity index is 237. The smallest absolute Gasteiger partial charge is 0.183 e. The zero-order chi connectivity index (χ0) is 7.94. The van der Waals surface area contributed by atoms with Crippen LogP contribution in [-0.2, 0) is 0 Å². The van der Waals surface area contributed by atoms with Gasteiger partial charge in [0.05, 0.1) is 0 Å². The van der Waals surface area contributed by atoms with E-state index in [1.165, 1.54) is 18.1 Å². The van der Waals surface area contributed by atoms with Crippen LogP contribution in [0.25, 0.3) is 10.4 Å². The number of aromatic nitrogens is 3. The van der Waals surface area contributed by atoms with Gasteiger partial charge in [-0.3, -0.25) is 5.10 Å². The second kappa shape index (κ2) is 4.59. The molecule has 11 heavy (non-hydrogen) atoms. The number of hydrogen-bond donors (Lipinski definition) is 1. The van der Waals surface area contributed by atoms with Crippen LogP contribution in [0.15, 0.2) is 16.6 Å². The average molecular weight is 170 g/mol. The molecule has 0 amide bonds. The van der Waals surface area contributed by atoms with E-state index < -0.39 is 0 Å². The first-order valence-corrected chi connectivity index (χ1v) is 3.91. The number of nitrogens with one attached hydrogen (secondary N) is 1. The molecule has 0 saturated carbocycles. The molecule has 0 radical (unpaired) electrons. The molecular formula is C4H6N6S. The standard InChI is InChI=1S/C4H6N6S/c5-10-7-1-2-11-4-6-3-8-9-4/h3H,1-2H2,(H,6,8,9). The fourth-order valence-corrected chi connectivity index (χ4v) is 1.10. The third kappa shape index (κ3) is 2.92. The van der Waals surface area contributed by atoms with Crippen LogP contribution >= 0.6 is 11.8 Å². The second-order valence-electron chi connectivity index (χ2n) is 1.59. The maximum Gasteiger partial charge on any atom is 0.183 e. The van der Waals surface area contributed by atoms with E-state index in [2.05, 4.69) is 25.2 Å². The fourth-order valence-electron chi connectivity index (χ4n) is 0.492. The van der Waals surface area contributed by atoms with Gasteiger partial charge < -0.3 is 0 Å². The molecule has 0 saturated heterocycles. The number of azide groups is 1. The van der Waals surface area contributed by atoms with Gasteiger partial charge in [-0.1, -0.05) is 16.9 Å². The van der Waals surface area contributed by atoms with Crippen LogP contribution in [0.5, 0.6) is 0 Å². The molecule has 0 aromatic carbocycles. The zero-order valence-electron chi connectivity index (χ0n) is 5.64. The van der Waals surface area contributed by atoms with Crippen molar-refractivity contribution in [2.75, 3.05) is 12.3 Å². The van der Waals surface area contributed by atoms with Crippen molar-refractivity contribution >= 4 is 11.8 Å². The molecule has 0 atom stereocenters. The van der Waals surface area contributed by atoms with Crippen LogP contribution in [0, 0.1) is 0 Å². The number of H-pyrrole nitrogens is 1. The molecule has 6 nitrogen and oxygen atoms in total. The highest BCUT2D eigenvalue weighted by atomic mass is 32.2. The van der Waals surface area contributed by atoms with Crippen molar-refractivity contribution in [3.05, 3.63) is 16.8 Å². The number of rotatable bonds is 4. The number of thioether (sulfide) groups is 1. The summed E-state index contributed by atoms with van der Waals surface area (Å²) in [7, 11) is 0. The molecule has 0 unspecified atom stereocenters. The van der Waals surface area contributed by atoms with E-state index in [4.69, 9.17) is 5.53 Å². The minimum absolute atomic E-state index is 0.474. The van der Waals surface area contributed by atoms with Gasteiger partial charge in [-0.05, 0) is 5.53 Å². The molecule has 7 heteroatoms. The lowest BCUT2D eigenvalue weighted by Gasteiger charge is -1.89. The van der Waals surface area contributed by atoms with Crippen LogP contribution < -0.4 is 0 Å². The van der Waals surface area contributed by atoms with Crippen molar-refractivity contribution in [1.82, 2.24) is 15.2 Å². The first-order chi connectivity index (χ1) is 5.43. The molecule has 0 aliphatic heterocycles. The van der Waals surface area contributed by atoms with Crippen LogP contribution in [-0.4, -0.2) is 27.5 Å². The molecule has 1 N–H and O–H groups in total. The normalized spacial score (nSPS) is 9.09. The number of nitrogens with zero attached hydrogens (tertiary/aromatic N) is 5. The minimum atomic E-state index is 0.474. The number of hydrogen-bond acceptors (Lipinski definition) is 4. The summed E-state index contributed by atoms with van der Waals surface area (Å²) in [4.78, 5) is 6.50. The Morgan fingerprint density at radius 3 is 3.36 bits per heavy atom. The van der Waals surface area contributed by atoms with E-state index >= 15 is 0 Å². The molecule has 1 aromatic rings. The lowest BCUT2D eigenvalue weighted by molar-refractivity contribution is 0.970. The topological polar surface area (TPSA) is 90.3 Å². The van der Waals surface area contributed by atoms with Crippen LogP contribution in [0.1, 0.15) is 0 Å². The largest absolute Gasteiger partial charge is 0.254 e. The van der Waals surface area contributed by atoms with Gasteiger partial charge in [-0.15, -0.1) is 0 Å². The summed E-state index contributed by atoms with van der Waals surface area (Å²) in [5.41, 5.74) is 7.94. The van der Waals surface area contributed by atoms with E-state index in [0.29, 0.717) is 6.54 Å². The summed E-state index contributed by atoms with van der Waals surface area (Å²) in [5, 5.41) is 10.5. The molecule has 0 aliphatic rings. The van der Waals surface area contributed by atoms with Crippen LogP contribution in [0.3, 0.4) is 0 Å². The molecule has 1 heterocycles. The number of aromatic amines is 1. The van der Waals surface area contributed by atoms with Gasteiger partial charge in [0.25, 0.3) is 0 Å². The van der Waals surface area contributed by atoms with E-state index in [0.717, 1.165) is 10.9 Å². The summed E-state index contributed by atoms with van der Waals surface area (Å²) in [6.07, 6.45) is 1.44. The average Bonchev–Trinajstić information content (AvgIpc) is 2.50. The quantitative estimate of drug-likeness (QED) is 0.242. The Hall–Kier alpha value is -1.20. The van der Waals surface area contributed by atoms with Gasteiger partial charge in [-0.25, -0.2) is 4.98 Å². The predicted molar refractivity (Wildman–Crippen MR) is 41.1 cm³/mol. The first-order valence-electron chi connectivity index (χ1n) is 2.92. The molecule has 0 bridgehead atoms. The highest BCUT2D eigenvalue weighted by Gasteiger charge is 1.93. The van der Waals surface area contributed by atoms with Crippen molar-refractivity contribution < 1.29 is 0 Å². The Morgan fingerprint density at radius 2 is 2.73 bits per heavy atom. The maximum absolute atomic E-state index is 7.94. The molecule has 0 spiro atoms. The van der Waals surface area contributed by atoms with E-state index in [9.17, 15) is 0 Å². The molecule has 1 rings (SSSR count). The van der Waals surface area contributed by atoms with Gasteiger partial charge in [0.15, 0.2) is 5.16 Å². The van der Waals surface area contributed by atoms with Crippen molar-refractivity contribution in [1.29, 1.82) is 0 Å². The third-order valence-electron chi connectivity index (χ3n) is 0.886. The van der Waals surface area contributed by atoms with Gasteiger partial charge in [0.2, 0.25) is 0 Å². The summed E-state index contributed by atoms with van der Waals surface area (Å²) in [6.45, 7) is 0.474. The monoisotopic (exact) mass is 170 g/mol. The second-order valence-corrected chi connectivity index (χ2v) is 2.68. The Morgan fingerprint density at radius 1 is 1.82 bits per heavy atom. The highest BCUT2D eigenvalue weighted by Crippen LogP contribution is 2.09. The van der Waals surface area contributed by atoms with Gasteiger partial charge in [-0.2, -0.15) is 5.10 Å². The molecular weight excluding hydrogens is 164 g/mol. The minimum Gasteiger partial charge on any atom is -0.254 e. The van der Waals surface area contributed by atoms with Gasteiger partial charge >= 0.3 is 0 Å². The third-order valence-corrected chi connectivity index (χ3v) is 1.74. The zero-order valence-corrected chi connectivity index (χ0v) is 6.45. The van der Waals surface area contributed by atoms with Gasteiger partial charge in [0.1, 0.15) is 6.33 Å². The lowest BCUT2D eigenvalue weighted by Crippen LogP contribution is -1.84. The van der Waals surface area contributed by atoms with Crippen molar-refractivity contribution in [2.45, 2.75) is 5.16 Å². The van der Waals surface area contributed by atoms with Crippen molar-refractivity contribution in [3.8, 4) is 0 Å². The predicted octanol–water partition coefficient (Wildman–Crippen LogP) is 1.21. The summed E-state index contributed by atoms with van der Waals surface area (Å²) in [5.74, 6) is 0.721. The Kier molecular flexibility index (Phi) is 3.30. The first kappa shape index (κ1) is 7.90. The molecule has 0 fully saturated rings.